The van der Waals surface area contributed by atoms with Crippen LogP contribution in [0, 0.1) is 6.92 Å². The number of nitrogens with zero attached hydrogens (tertiary/aromatic N) is 2. The molecular formula is C30H26N2O5S. The number of aromatic nitrogens is 1. The maximum atomic E-state index is 13.5. The standard InChI is InChI=1S/C30H26N2O5S/c1-4-36-21-10-11-22-24(15-21)38-30(31-22)32-26(18-7-5-16(2)6-8-18)25(28(34)29(32)35)27(33)19-9-12-23-20(14-19)13-17(3)37-23/h5-12,14-15,17,26,33H,4,13H2,1-3H3/t17-,26-/m0/s1. The molecule has 3 aromatic carbocycles. The number of ketones is 1. The van der Waals surface area contributed by atoms with Gasteiger partial charge in [0.1, 0.15) is 23.4 Å². The quantitative estimate of drug-likeness (QED) is 0.196. The molecule has 2 aliphatic rings. The molecule has 8 heteroatoms. The molecule has 0 bridgehead atoms. The molecule has 0 spiro atoms. The minimum absolute atomic E-state index is 0.0417. The van der Waals surface area contributed by atoms with E-state index in [-0.39, 0.29) is 17.4 Å². The second-order valence-electron chi connectivity index (χ2n) is 9.59. The lowest BCUT2D eigenvalue weighted by Crippen LogP contribution is -2.29. The van der Waals surface area contributed by atoms with Gasteiger partial charge in [-0.05, 0) is 68.3 Å². The van der Waals surface area contributed by atoms with Crippen molar-refractivity contribution in [3.05, 3.63) is 88.5 Å². The fraction of sp³-hybridized carbons (Fsp3) is 0.233. The topological polar surface area (TPSA) is 89.0 Å². The zero-order valence-corrected chi connectivity index (χ0v) is 22.0. The molecule has 38 heavy (non-hydrogen) atoms. The van der Waals surface area contributed by atoms with Crippen LogP contribution in [0.3, 0.4) is 0 Å². The number of benzene rings is 3. The minimum Gasteiger partial charge on any atom is -0.507 e. The van der Waals surface area contributed by atoms with E-state index in [4.69, 9.17) is 14.5 Å². The molecule has 2 aliphatic heterocycles. The van der Waals surface area contributed by atoms with Crippen molar-refractivity contribution in [3.8, 4) is 11.5 Å². The van der Waals surface area contributed by atoms with Crippen molar-refractivity contribution in [1.82, 2.24) is 4.98 Å². The van der Waals surface area contributed by atoms with Crippen molar-refractivity contribution in [1.29, 1.82) is 0 Å². The van der Waals surface area contributed by atoms with E-state index in [9.17, 15) is 14.7 Å². The summed E-state index contributed by atoms with van der Waals surface area (Å²) < 4.78 is 12.2. The highest BCUT2D eigenvalue weighted by atomic mass is 32.1. The third-order valence-corrected chi connectivity index (χ3v) is 7.89. The van der Waals surface area contributed by atoms with Crippen LogP contribution in [-0.4, -0.2) is 34.5 Å². The number of carbonyl (C=O) groups excluding carboxylic acids is 2. The summed E-state index contributed by atoms with van der Waals surface area (Å²) in [4.78, 5) is 33.1. The molecule has 0 radical (unpaired) electrons. The van der Waals surface area contributed by atoms with Gasteiger partial charge in [0.05, 0.1) is 28.4 Å². The molecule has 3 heterocycles. The van der Waals surface area contributed by atoms with Crippen molar-refractivity contribution >= 4 is 44.1 Å². The highest BCUT2D eigenvalue weighted by Crippen LogP contribution is 2.45. The summed E-state index contributed by atoms with van der Waals surface area (Å²) in [6.07, 6.45) is 0.754. The Balaban J connectivity index is 1.50. The third-order valence-electron chi connectivity index (χ3n) is 6.87. The maximum Gasteiger partial charge on any atom is 0.301 e. The van der Waals surface area contributed by atoms with Crippen molar-refractivity contribution in [3.63, 3.8) is 0 Å². The summed E-state index contributed by atoms with van der Waals surface area (Å²) in [5, 5.41) is 11.9. The fourth-order valence-corrected chi connectivity index (χ4v) is 6.09. The zero-order chi connectivity index (χ0) is 26.6. The van der Waals surface area contributed by atoms with Gasteiger partial charge in [-0.3, -0.25) is 14.5 Å². The Hall–Kier alpha value is -4.17. The van der Waals surface area contributed by atoms with Crippen molar-refractivity contribution in [2.75, 3.05) is 11.5 Å². The van der Waals surface area contributed by atoms with Gasteiger partial charge >= 0.3 is 5.91 Å². The van der Waals surface area contributed by atoms with E-state index < -0.39 is 17.7 Å². The maximum absolute atomic E-state index is 13.5. The summed E-state index contributed by atoms with van der Waals surface area (Å²) in [6, 6.07) is 17.7. The first-order valence-electron chi connectivity index (χ1n) is 12.5. The number of Topliss-reactive ketones (excluding diaryl/α,β-unsaturated/α-hetero) is 1. The van der Waals surface area contributed by atoms with E-state index in [1.165, 1.54) is 16.2 Å². The van der Waals surface area contributed by atoms with Crippen LogP contribution in [0.1, 0.15) is 42.1 Å². The van der Waals surface area contributed by atoms with Crippen LogP contribution < -0.4 is 14.4 Å². The Labute approximate surface area is 224 Å². The SMILES string of the molecule is CCOc1ccc2nc(N3C(=O)C(=O)C(=C(O)c4ccc5c(c4)C[C@H](C)O5)[C@@H]3c3ccc(C)cc3)sc2c1. The molecule has 192 valence electrons. The highest BCUT2D eigenvalue weighted by Gasteiger charge is 2.48. The van der Waals surface area contributed by atoms with E-state index in [1.54, 1.807) is 12.1 Å². The number of aliphatic hydroxyl groups excluding tert-OH is 1. The first-order chi connectivity index (χ1) is 18.3. The molecule has 1 fully saturated rings. The lowest BCUT2D eigenvalue weighted by molar-refractivity contribution is -0.132. The van der Waals surface area contributed by atoms with E-state index in [0.717, 1.165) is 21.6 Å². The predicted octanol–water partition coefficient (Wildman–Crippen LogP) is 5.95. The van der Waals surface area contributed by atoms with Crippen LogP contribution in [-0.2, 0) is 16.0 Å². The fourth-order valence-electron chi connectivity index (χ4n) is 5.07. The largest absolute Gasteiger partial charge is 0.507 e. The second kappa shape index (κ2) is 9.29. The number of fused-ring (bicyclic) bond motifs is 2. The molecule has 0 aliphatic carbocycles. The molecule has 1 saturated heterocycles. The number of ether oxygens (including phenoxy) is 2. The monoisotopic (exact) mass is 526 g/mol. The normalized spacial score (nSPS) is 20.1. The number of hydrogen-bond acceptors (Lipinski definition) is 7. The van der Waals surface area contributed by atoms with E-state index >= 15 is 0 Å². The lowest BCUT2D eigenvalue weighted by atomic mass is 9.94. The van der Waals surface area contributed by atoms with Crippen LogP contribution in [0.4, 0.5) is 5.13 Å². The summed E-state index contributed by atoms with van der Waals surface area (Å²) in [6.45, 7) is 6.40. The van der Waals surface area contributed by atoms with Crippen LogP contribution in [0.5, 0.6) is 11.5 Å². The third kappa shape index (κ3) is 4.01. The lowest BCUT2D eigenvalue weighted by Gasteiger charge is -2.23. The van der Waals surface area contributed by atoms with Crippen LogP contribution in [0.15, 0.2) is 66.2 Å². The Kier molecular flexibility index (Phi) is 5.91. The second-order valence-corrected chi connectivity index (χ2v) is 10.6. The van der Waals surface area contributed by atoms with E-state index in [0.29, 0.717) is 40.6 Å². The molecular weight excluding hydrogens is 500 g/mol. The summed E-state index contributed by atoms with van der Waals surface area (Å²) in [5.74, 6) is -0.196. The van der Waals surface area contributed by atoms with Gasteiger partial charge in [0.15, 0.2) is 5.13 Å². The molecule has 0 saturated carbocycles. The molecule has 1 aromatic heterocycles. The van der Waals surface area contributed by atoms with E-state index in [2.05, 4.69) is 0 Å². The molecule has 7 nitrogen and oxygen atoms in total. The van der Waals surface area contributed by atoms with Crippen LogP contribution in [0.25, 0.3) is 16.0 Å². The Morgan fingerprint density at radius 2 is 1.92 bits per heavy atom. The summed E-state index contributed by atoms with van der Waals surface area (Å²) in [7, 11) is 0. The number of amides is 1. The Morgan fingerprint density at radius 3 is 2.68 bits per heavy atom. The molecule has 4 aromatic rings. The number of rotatable bonds is 5. The summed E-state index contributed by atoms with van der Waals surface area (Å²) >= 11 is 1.31. The summed E-state index contributed by atoms with van der Waals surface area (Å²) in [5.41, 5.74) is 3.93. The van der Waals surface area contributed by atoms with Gasteiger partial charge in [0, 0.05) is 12.0 Å². The number of aryl methyl sites for hydroxylation is 1. The van der Waals surface area contributed by atoms with Gasteiger partial charge in [-0.2, -0.15) is 0 Å². The minimum atomic E-state index is -0.828. The van der Waals surface area contributed by atoms with Gasteiger partial charge < -0.3 is 14.6 Å². The van der Waals surface area contributed by atoms with Crippen molar-refractivity contribution in [2.45, 2.75) is 39.3 Å². The van der Waals surface area contributed by atoms with Gasteiger partial charge in [-0.1, -0.05) is 41.2 Å². The van der Waals surface area contributed by atoms with Crippen molar-refractivity contribution < 1.29 is 24.2 Å². The molecule has 6 rings (SSSR count). The Bertz CT molecular complexity index is 1620. The number of thiazole rings is 1. The van der Waals surface area contributed by atoms with Crippen molar-refractivity contribution in [2.24, 2.45) is 0 Å². The molecule has 2 atom stereocenters. The molecule has 1 N–H and O–H groups in total. The smallest absolute Gasteiger partial charge is 0.301 e. The highest BCUT2D eigenvalue weighted by molar-refractivity contribution is 7.22. The first kappa shape index (κ1) is 24.2. The predicted molar refractivity (Wildman–Crippen MR) is 147 cm³/mol. The van der Waals surface area contributed by atoms with Gasteiger partial charge in [-0.15, -0.1) is 0 Å². The van der Waals surface area contributed by atoms with Gasteiger partial charge in [0.25, 0.3) is 5.78 Å². The van der Waals surface area contributed by atoms with E-state index in [1.807, 2.05) is 69.3 Å². The van der Waals surface area contributed by atoms with Crippen LogP contribution in [0.2, 0.25) is 0 Å². The Morgan fingerprint density at radius 1 is 1.13 bits per heavy atom. The number of hydrogen-bond donors (Lipinski definition) is 1. The number of carbonyl (C=O) groups is 2. The average Bonchev–Trinajstić information content (AvgIpc) is 3.56. The van der Waals surface area contributed by atoms with Gasteiger partial charge in [-0.25, -0.2) is 4.98 Å². The number of aliphatic hydroxyl groups is 1. The average molecular weight is 527 g/mol. The molecule has 0 unspecified atom stereocenters. The first-order valence-corrected chi connectivity index (χ1v) is 13.4. The zero-order valence-electron chi connectivity index (χ0n) is 21.2. The molecule has 1 amide bonds. The van der Waals surface area contributed by atoms with Crippen LogP contribution >= 0.6 is 11.3 Å². The number of anilines is 1. The van der Waals surface area contributed by atoms with Gasteiger partial charge in [0.2, 0.25) is 0 Å².